The van der Waals surface area contributed by atoms with E-state index in [9.17, 15) is 9.90 Å². The summed E-state index contributed by atoms with van der Waals surface area (Å²) in [5.74, 6) is 1.03. The molecule has 1 aliphatic heterocycles. The zero-order chi connectivity index (χ0) is 15.3. The standard InChI is InChI=1S/C16H24N2O2S/c1-3-16(12-19)7-9-18(10-8-16)15(20)13-5-6-14(17-11-13)21-4-2/h5-6,11,19H,3-4,7-10,12H2,1-2H3. The molecular weight excluding hydrogens is 284 g/mol. The smallest absolute Gasteiger partial charge is 0.255 e. The van der Waals surface area contributed by atoms with Gasteiger partial charge in [0.05, 0.1) is 10.6 Å². The van der Waals surface area contributed by atoms with Crippen molar-refractivity contribution in [3.8, 4) is 0 Å². The van der Waals surface area contributed by atoms with Crippen LogP contribution in [-0.2, 0) is 0 Å². The maximum atomic E-state index is 12.5. The predicted molar refractivity (Wildman–Crippen MR) is 85.6 cm³/mol. The van der Waals surface area contributed by atoms with Crippen LogP contribution in [0.1, 0.15) is 43.5 Å². The second-order valence-electron chi connectivity index (χ2n) is 5.62. The molecule has 0 aliphatic carbocycles. The van der Waals surface area contributed by atoms with Gasteiger partial charge in [-0.25, -0.2) is 4.98 Å². The van der Waals surface area contributed by atoms with E-state index in [0.29, 0.717) is 5.56 Å². The minimum absolute atomic E-state index is 0.0106. The number of piperidine rings is 1. The van der Waals surface area contributed by atoms with Crippen LogP contribution in [0.4, 0.5) is 0 Å². The van der Waals surface area contributed by atoms with Crippen molar-refractivity contribution in [1.82, 2.24) is 9.88 Å². The highest BCUT2D eigenvalue weighted by Gasteiger charge is 2.34. The molecule has 1 aromatic rings. The Morgan fingerprint density at radius 3 is 2.57 bits per heavy atom. The van der Waals surface area contributed by atoms with Crippen LogP contribution in [0.25, 0.3) is 0 Å². The van der Waals surface area contributed by atoms with Crippen LogP contribution in [0, 0.1) is 5.41 Å². The van der Waals surface area contributed by atoms with Gasteiger partial charge < -0.3 is 10.0 Å². The normalized spacial score (nSPS) is 17.8. The van der Waals surface area contributed by atoms with Crippen molar-refractivity contribution in [3.63, 3.8) is 0 Å². The van der Waals surface area contributed by atoms with Crippen LogP contribution < -0.4 is 0 Å². The maximum Gasteiger partial charge on any atom is 0.255 e. The summed E-state index contributed by atoms with van der Waals surface area (Å²) < 4.78 is 0. The van der Waals surface area contributed by atoms with Crippen LogP contribution in [0.5, 0.6) is 0 Å². The number of likely N-dealkylation sites (tertiary alicyclic amines) is 1. The molecule has 1 aliphatic rings. The molecule has 0 saturated carbocycles. The monoisotopic (exact) mass is 308 g/mol. The lowest BCUT2D eigenvalue weighted by Gasteiger charge is -2.40. The molecule has 0 bridgehead atoms. The fourth-order valence-electron chi connectivity index (χ4n) is 2.73. The number of hydrogen-bond acceptors (Lipinski definition) is 4. The second-order valence-corrected chi connectivity index (χ2v) is 6.91. The first-order valence-corrected chi connectivity index (χ1v) is 8.61. The predicted octanol–water partition coefficient (Wildman–Crippen LogP) is 2.82. The molecule has 2 rings (SSSR count). The summed E-state index contributed by atoms with van der Waals surface area (Å²) in [6, 6.07) is 3.77. The highest BCUT2D eigenvalue weighted by atomic mass is 32.2. The zero-order valence-electron chi connectivity index (χ0n) is 12.8. The van der Waals surface area contributed by atoms with E-state index in [4.69, 9.17) is 0 Å². The second kappa shape index (κ2) is 7.27. The number of pyridine rings is 1. The largest absolute Gasteiger partial charge is 0.396 e. The van der Waals surface area contributed by atoms with Crippen molar-refractivity contribution in [3.05, 3.63) is 23.9 Å². The number of hydrogen-bond donors (Lipinski definition) is 1. The van der Waals surface area contributed by atoms with Crippen LogP contribution in [0.3, 0.4) is 0 Å². The summed E-state index contributed by atoms with van der Waals surface area (Å²) in [6.45, 7) is 5.86. The Morgan fingerprint density at radius 1 is 1.38 bits per heavy atom. The molecule has 1 fully saturated rings. The van der Waals surface area contributed by atoms with Crippen molar-refractivity contribution in [2.45, 2.75) is 38.1 Å². The number of nitrogens with zero attached hydrogens (tertiary/aromatic N) is 2. The first-order valence-electron chi connectivity index (χ1n) is 7.63. The molecular formula is C16H24N2O2S. The molecule has 2 heterocycles. The zero-order valence-corrected chi connectivity index (χ0v) is 13.7. The Kier molecular flexibility index (Phi) is 5.65. The molecule has 0 radical (unpaired) electrons. The molecule has 0 aromatic carbocycles. The minimum Gasteiger partial charge on any atom is -0.396 e. The van der Waals surface area contributed by atoms with Crippen LogP contribution in [0.2, 0.25) is 0 Å². The van der Waals surface area contributed by atoms with Crippen LogP contribution in [0.15, 0.2) is 23.4 Å². The maximum absolute atomic E-state index is 12.5. The molecule has 116 valence electrons. The summed E-state index contributed by atoms with van der Waals surface area (Å²) >= 11 is 1.67. The van der Waals surface area contributed by atoms with E-state index in [1.54, 1.807) is 18.0 Å². The Labute approximate surface area is 130 Å². The van der Waals surface area contributed by atoms with E-state index < -0.39 is 0 Å². The lowest BCUT2D eigenvalue weighted by Crippen LogP contribution is -2.44. The summed E-state index contributed by atoms with van der Waals surface area (Å²) in [5.41, 5.74) is 0.667. The number of aliphatic hydroxyl groups is 1. The van der Waals surface area contributed by atoms with Crippen molar-refractivity contribution < 1.29 is 9.90 Å². The fraction of sp³-hybridized carbons (Fsp3) is 0.625. The van der Waals surface area contributed by atoms with Crippen molar-refractivity contribution in [2.24, 2.45) is 5.41 Å². The first-order chi connectivity index (χ1) is 10.1. The molecule has 1 saturated heterocycles. The quantitative estimate of drug-likeness (QED) is 0.850. The van der Waals surface area contributed by atoms with E-state index in [1.807, 2.05) is 17.0 Å². The third-order valence-electron chi connectivity index (χ3n) is 4.47. The van der Waals surface area contributed by atoms with Gasteiger partial charge in [0.25, 0.3) is 5.91 Å². The summed E-state index contributed by atoms with van der Waals surface area (Å²) in [5, 5.41) is 10.5. The highest BCUT2D eigenvalue weighted by molar-refractivity contribution is 7.99. The van der Waals surface area contributed by atoms with Gasteiger partial charge in [-0.2, -0.15) is 0 Å². The van der Waals surface area contributed by atoms with Gasteiger partial charge in [0.15, 0.2) is 0 Å². The average molecular weight is 308 g/mol. The summed E-state index contributed by atoms with van der Waals surface area (Å²) in [4.78, 5) is 18.7. The van der Waals surface area contributed by atoms with Crippen LogP contribution in [-0.4, -0.2) is 46.3 Å². The van der Waals surface area contributed by atoms with E-state index in [0.717, 1.165) is 43.1 Å². The number of carbonyl (C=O) groups excluding carboxylic acids is 1. The van der Waals surface area contributed by atoms with E-state index >= 15 is 0 Å². The third-order valence-corrected chi connectivity index (χ3v) is 5.30. The molecule has 1 aromatic heterocycles. The van der Waals surface area contributed by atoms with E-state index in [-0.39, 0.29) is 17.9 Å². The van der Waals surface area contributed by atoms with Gasteiger partial charge in [-0.1, -0.05) is 13.8 Å². The highest BCUT2D eigenvalue weighted by Crippen LogP contribution is 2.34. The van der Waals surface area contributed by atoms with Gasteiger partial charge in [-0.3, -0.25) is 4.79 Å². The van der Waals surface area contributed by atoms with Crippen molar-refractivity contribution in [2.75, 3.05) is 25.4 Å². The first kappa shape index (κ1) is 16.3. The number of aliphatic hydroxyl groups excluding tert-OH is 1. The average Bonchev–Trinajstić information content (AvgIpc) is 2.55. The van der Waals surface area contributed by atoms with Gasteiger partial charge >= 0.3 is 0 Å². The number of carbonyl (C=O) groups is 1. The Bertz CT molecular complexity index is 462. The van der Waals surface area contributed by atoms with Gasteiger partial charge in [-0.15, -0.1) is 11.8 Å². The fourth-order valence-corrected chi connectivity index (χ4v) is 3.32. The molecule has 0 unspecified atom stereocenters. The Balaban J connectivity index is 1.98. The number of rotatable bonds is 5. The minimum atomic E-state index is 0.0106. The van der Waals surface area contributed by atoms with Gasteiger partial charge in [0, 0.05) is 25.9 Å². The molecule has 1 amide bonds. The van der Waals surface area contributed by atoms with Crippen molar-refractivity contribution >= 4 is 17.7 Å². The van der Waals surface area contributed by atoms with Crippen LogP contribution >= 0.6 is 11.8 Å². The van der Waals surface area contributed by atoms with Gasteiger partial charge in [0.1, 0.15) is 0 Å². The Hall–Kier alpha value is -1.07. The Morgan fingerprint density at radius 2 is 2.10 bits per heavy atom. The number of aromatic nitrogens is 1. The van der Waals surface area contributed by atoms with Gasteiger partial charge in [-0.05, 0) is 42.6 Å². The number of amides is 1. The topological polar surface area (TPSA) is 53.4 Å². The van der Waals surface area contributed by atoms with Gasteiger partial charge in [0.2, 0.25) is 0 Å². The molecule has 0 spiro atoms. The number of thioether (sulfide) groups is 1. The molecule has 21 heavy (non-hydrogen) atoms. The third kappa shape index (κ3) is 3.77. The molecule has 4 nitrogen and oxygen atoms in total. The summed E-state index contributed by atoms with van der Waals surface area (Å²) in [6.07, 6.45) is 4.40. The lowest BCUT2D eigenvalue weighted by molar-refractivity contribution is 0.0338. The molecule has 1 N–H and O–H groups in total. The van der Waals surface area contributed by atoms with E-state index in [1.165, 1.54) is 0 Å². The lowest BCUT2D eigenvalue weighted by atomic mass is 9.77. The molecule has 0 atom stereocenters. The van der Waals surface area contributed by atoms with Crippen molar-refractivity contribution in [1.29, 1.82) is 0 Å². The molecule has 5 heteroatoms. The van der Waals surface area contributed by atoms with E-state index in [2.05, 4.69) is 18.8 Å². The SMILES string of the molecule is CCSc1ccc(C(=O)N2CCC(CC)(CO)CC2)cn1. The summed E-state index contributed by atoms with van der Waals surface area (Å²) in [7, 11) is 0.